The highest BCUT2D eigenvalue weighted by atomic mass is 16.5. The van der Waals surface area contributed by atoms with Crippen LogP contribution in [0.4, 0.5) is 0 Å². The van der Waals surface area contributed by atoms with Crippen LogP contribution in [0.5, 0.6) is 11.5 Å². The number of nitrogens with zero attached hydrogens (tertiary/aromatic N) is 2. The molecule has 3 heterocycles. The molecule has 34 heavy (non-hydrogen) atoms. The molecule has 170 valence electrons. The van der Waals surface area contributed by atoms with E-state index in [0.29, 0.717) is 6.61 Å². The molecule has 0 bridgehead atoms. The lowest BCUT2D eigenvalue weighted by molar-refractivity contribution is 0.296. The van der Waals surface area contributed by atoms with E-state index in [1.807, 2.05) is 73.2 Å². The van der Waals surface area contributed by atoms with Gasteiger partial charge < -0.3 is 19.0 Å². The van der Waals surface area contributed by atoms with Gasteiger partial charge in [0.1, 0.15) is 18.1 Å². The summed E-state index contributed by atoms with van der Waals surface area (Å²) in [6, 6.07) is 20.3. The van der Waals surface area contributed by atoms with E-state index in [1.165, 1.54) is 5.39 Å². The summed E-state index contributed by atoms with van der Waals surface area (Å²) < 4.78 is 13.5. The van der Waals surface area contributed by atoms with E-state index < -0.39 is 0 Å². The van der Waals surface area contributed by atoms with Crippen molar-refractivity contribution in [3.8, 4) is 11.5 Å². The first-order chi connectivity index (χ1) is 16.8. The van der Waals surface area contributed by atoms with Crippen LogP contribution in [0, 0.1) is 0 Å². The molecule has 2 aromatic carbocycles. The number of fused-ring (bicyclic) bond motifs is 1. The highest BCUT2D eigenvalue weighted by Gasteiger charge is 2.04. The van der Waals surface area contributed by atoms with Crippen LogP contribution in [-0.2, 0) is 6.54 Å². The number of aromatic nitrogens is 4. The van der Waals surface area contributed by atoms with E-state index in [2.05, 4.69) is 50.1 Å². The van der Waals surface area contributed by atoms with Crippen molar-refractivity contribution in [3.05, 3.63) is 102 Å². The number of hydrogen-bond acceptors (Lipinski definition) is 3. The van der Waals surface area contributed by atoms with Gasteiger partial charge in [0.15, 0.2) is 0 Å². The summed E-state index contributed by atoms with van der Waals surface area (Å²) in [5.74, 6) is 1.54. The minimum absolute atomic E-state index is 0.594. The Morgan fingerprint density at radius 1 is 0.941 bits per heavy atom. The molecule has 0 unspecified atom stereocenters. The molecule has 5 rings (SSSR count). The normalized spacial score (nSPS) is 11.7. The number of hydrogen-bond donors (Lipinski definition) is 2. The quantitative estimate of drug-likeness (QED) is 0.284. The molecule has 0 atom stereocenters. The topological polar surface area (TPSA) is 67.9 Å². The Morgan fingerprint density at radius 2 is 1.85 bits per heavy atom. The summed E-state index contributed by atoms with van der Waals surface area (Å²) >= 11 is 0. The number of rotatable bonds is 9. The van der Waals surface area contributed by atoms with Crippen LogP contribution in [0.1, 0.15) is 22.5 Å². The van der Waals surface area contributed by atoms with E-state index in [9.17, 15) is 0 Å². The lowest BCUT2D eigenvalue weighted by atomic mass is 10.1. The van der Waals surface area contributed by atoms with E-state index >= 15 is 0 Å². The Morgan fingerprint density at radius 3 is 2.74 bits per heavy atom. The second-order valence-corrected chi connectivity index (χ2v) is 7.91. The summed E-state index contributed by atoms with van der Waals surface area (Å²) in [7, 11) is 1.67. The first kappa shape index (κ1) is 21.4. The average molecular weight is 451 g/mol. The number of nitrogens with one attached hydrogen (secondary N) is 2. The van der Waals surface area contributed by atoms with Crippen molar-refractivity contribution in [2.45, 2.75) is 6.54 Å². The van der Waals surface area contributed by atoms with Crippen molar-refractivity contribution < 1.29 is 9.47 Å². The third-order valence-corrected chi connectivity index (χ3v) is 5.57. The fourth-order valence-electron chi connectivity index (χ4n) is 3.76. The van der Waals surface area contributed by atoms with Gasteiger partial charge in [0.2, 0.25) is 0 Å². The van der Waals surface area contributed by atoms with Crippen molar-refractivity contribution in [3.63, 3.8) is 0 Å². The zero-order valence-corrected chi connectivity index (χ0v) is 18.9. The van der Waals surface area contributed by atoms with Crippen LogP contribution < -0.4 is 9.47 Å². The number of ether oxygens (including phenoxy) is 2. The number of aromatic amines is 2. The summed E-state index contributed by atoms with van der Waals surface area (Å²) in [5, 5.41) is 8.65. The van der Waals surface area contributed by atoms with E-state index in [-0.39, 0.29) is 0 Å². The third-order valence-electron chi connectivity index (χ3n) is 5.57. The van der Waals surface area contributed by atoms with E-state index in [1.54, 1.807) is 7.11 Å². The molecule has 0 spiro atoms. The van der Waals surface area contributed by atoms with Gasteiger partial charge in [0.25, 0.3) is 0 Å². The molecular formula is C28H26N4O2. The van der Waals surface area contributed by atoms with Crippen LogP contribution >= 0.6 is 0 Å². The van der Waals surface area contributed by atoms with Crippen molar-refractivity contribution in [1.29, 1.82) is 0 Å². The Bertz CT molecular complexity index is 1420. The molecule has 0 saturated heterocycles. The monoisotopic (exact) mass is 450 g/mol. The highest BCUT2D eigenvalue weighted by molar-refractivity contribution is 5.83. The number of methoxy groups -OCH3 is 1. The third kappa shape index (κ3) is 5.13. The first-order valence-corrected chi connectivity index (χ1v) is 11.2. The maximum absolute atomic E-state index is 5.87. The van der Waals surface area contributed by atoms with Gasteiger partial charge in [-0.1, -0.05) is 18.2 Å². The van der Waals surface area contributed by atoms with E-state index in [0.717, 1.165) is 46.1 Å². The zero-order valence-electron chi connectivity index (χ0n) is 18.9. The molecule has 6 heteroatoms. The molecular weight excluding hydrogens is 424 g/mol. The molecule has 0 saturated carbocycles. The molecule has 0 radical (unpaired) electrons. The van der Waals surface area contributed by atoms with Crippen molar-refractivity contribution in [1.82, 2.24) is 19.7 Å². The zero-order chi connectivity index (χ0) is 23.2. The van der Waals surface area contributed by atoms with Crippen LogP contribution in [0.3, 0.4) is 0 Å². The van der Waals surface area contributed by atoms with Crippen LogP contribution in [-0.4, -0.2) is 33.5 Å². The van der Waals surface area contributed by atoms with Crippen LogP contribution in [0.15, 0.2) is 79.3 Å². The molecule has 0 aliphatic heterocycles. The highest BCUT2D eigenvalue weighted by Crippen LogP contribution is 2.26. The summed E-state index contributed by atoms with van der Waals surface area (Å²) in [4.78, 5) is 3.24. The number of benzene rings is 2. The predicted molar refractivity (Wildman–Crippen MR) is 138 cm³/mol. The van der Waals surface area contributed by atoms with Gasteiger partial charge in [-0.05, 0) is 71.6 Å². The largest absolute Gasteiger partial charge is 0.496 e. The van der Waals surface area contributed by atoms with Crippen molar-refractivity contribution >= 4 is 35.2 Å². The minimum Gasteiger partial charge on any atom is -0.496 e. The van der Waals surface area contributed by atoms with Gasteiger partial charge in [-0.2, -0.15) is 5.10 Å². The molecule has 0 aliphatic carbocycles. The lowest BCUT2D eigenvalue weighted by Gasteiger charge is -2.10. The molecule has 0 amide bonds. The summed E-state index contributed by atoms with van der Waals surface area (Å²) in [6.45, 7) is 1.39. The molecule has 2 N–H and O–H groups in total. The van der Waals surface area contributed by atoms with Gasteiger partial charge in [0.05, 0.1) is 25.0 Å². The smallest absolute Gasteiger partial charge is 0.129 e. The Balaban J connectivity index is 1.22. The Labute approximate surface area is 198 Å². The molecule has 0 fully saturated rings. The van der Waals surface area contributed by atoms with Crippen LogP contribution in [0.2, 0.25) is 0 Å². The summed E-state index contributed by atoms with van der Waals surface area (Å²) in [5.41, 5.74) is 4.99. The summed E-state index contributed by atoms with van der Waals surface area (Å²) in [6.07, 6.45) is 14.0. The maximum Gasteiger partial charge on any atom is 0.129 e. The molecule has 5 aromatic rings. The van der Waals surface area contributed by atoms with Gasteiger partial charge in [-0.15, -0.1) is 0 Å². The molecule has 3 aromatic heterocycles. The maximum atomic E-state index is 5.87. The fraction of sp³-hybridized carbons (Fsp3) is 0.107. The minimum atomic E-state index is 0.594. The van der Waals surface area contributed by atoms with E-state index in [4.69, 9.17) is 9.47 Å². The SMILES string of the molecule is COc1cc(OCCn2cccc2)ccc1C=Cc1cc(C=Cc2ccc3cc[nH]c3c2)n[nH]1. The van der Waals surface area contributed by atoms with Gasteiger partial charge in [0, 0.05) is 35.7 Å². The van der Waals surface area contributed by atoms with Gasteiger partial charge in [-0.25, -0.2) is 0 Å². The van der Waals surface area contributed by atoms with Gasteiger partial charge in [-0.3, -0.25) is 5.10 Å². The standard InChI is InChI=1S/C28H26N4O2/c1-33-28-20-26(34-17-16-32-14-2-3-15-32)11-8-23(28)7-10-25-19-24(30-31-25)9-5-21-4-6-22-12-13-29-27(22)18-21/h2-15,18-20,29H,16-17H2,1H3,(H,30,31). The lowest BCUT2D eigenvalue weighted by Crippen LogP contribution is -2.06. The first-order valence-electron chi connectivity index (χ1n) is 11.2. The Hall–Kier alpha value is -4.45. The molecule has 6 nitrogen and oxygen atoms in total. The van der Waals surface area contributed by atoms with Crippen molar-refractivity contribution in [2.75, 3.05) is 13.7 Å². The second kappa shape index (κ2) is 10.0. The van der Waals surface area contributed by atoms with Crippen LogP contribution in [0.25, 0.3) is 35.2 Å². The van der Waals surface area contributed by atoms with Crippen molar-refractivity contribution in [2.24, 2.45) is 0 Å². The number of H-pyrrole nitrogens is 2. The van der Waals surface area contributed by atoms with Gasteiger partial charge >= 0.3 is 0 Å². The average Bonchev–Trinajstić information content (AvgIpc) is 3.63. The fourth-order valence-corrected chi connectivity index (χ4v) is 3.76. The molecule has 0 aliphatic rings. The Kier molecular flexibility index (Phi) is 6.29. The predicted octanol–water partition coefficient (Wildman–Crippen LogP) is 6.12. The second-order valence-electron chi connectivity index (χ2n) is 7.91.